The first-order chi connectivity index (χ1) is 7.69. The lowest BCUT2D eigenvalue weighted by Crippen LogP contribution is -2.32. The van der Waals surface area contributed by atoms with E-state index >= 15 is 0 Å². The van der Waals surface area contributed by atoms with Gasteiger partial charge < -0.3 is 15.0 Å². The molecular formula is C11H20N4O. The molecule has 0 saturated carbocycles. The molecule has 1 N–H and O–H groups in total. The van der Waals surface area contributed by atoms with Gasteiger partial charge in [-0.3, -0.25) is 4.98 Å². The molecule has 0 spiro atoms. The van der Waals surface area contributed by atoms with Gasteiger partial charge in [-0.25, -0.2) is 4.98 Å². The Labute approximate surface area is 96.8 Å². The summed E-state index contributed by atoms with van der Waals surface area (Å²) in [6.45, 7) is 3.83. The van der Waals surface area contributed by atoms with Crippen molar-refractivity contribution in [2.24, 2.45) is 0 Å². The van der Waals surface area contributed by atoms with Crippen molar-refractivity contribution in [2.75, 3.05) is 34.3 Å². The van der Waals surface area contributed by atoms with E-state index in [4.69, 9.17) is 4.74 Å². The van der Waals surface area contributed by atoms with Crippen molar-refractivity contribution in [2.45, 2.75) is 13.0 Å². The second kappa shape index (κ2) is 6.40. The van der Waals surface area contributed by atoms with Gasteiger partial charge in [0.25, 0.3) is 0 Å². The van der Waals surface area contributed by atoms with E-state index < -0.39 is 0 Å². The number of aromatic nitrogens is 2. The fraction of sp³-hybridized carbons (Fsp3) is 0.636. The lowest BCUT2D eigenvalue weighted by molar-refractivity contribution is 0.324. The van der Waals surface area contributed by atoms with Crippen LogP contribution in [0.2, 0.25) is 0 Å². The fourth-order valence-electron chi connectivity index (χ4n) is 1.59. The van der Waals surface area contributed by atoms with Gasteiger partial charge in [-0.1, -0.05) is 6.92 Å². The lowest BCUT2D eigenvalue weighted by atomic mass is 10.2. The Hall–Kier alpha value is -1.20. The van der Waals surface area contributed by atoms with Gasteiger partial charge in [0.1, 0.15) is 5.69 Å². The molecule has 1 unspecified atom stereocenters. The number of likely N-dealkylation sites (N-methyl/N-ethyl adjacent to an activating group) is 2. The molecule has 5 nitrogen and oxygen atoms in total. The predicted octanol–water partition coefficient (Wildman–Crippen LogP) is 0.697. The number of rotatable bonds is 6. The van der Waals surface area contributed by atoms with Crippen molar-refractivity contribution in [1.29, 1.82) is 0 Å². The number of hydrogen-bond acceptors (Lipinski definition) is 5. The molecule has 5 heteroatoms. The normalized spacial score (nSPS) is 12.8. The molecule has 0 aliphatic heterocycles. The topological polar surface area (TPSA) is 50.3 Å². The minimum Gasteiger partial charge on any atom is -0.480 e. The van der Waals surface area contributed by atoms with Gasteiger partial charge in [0, 0.05) is 18.9 Å². The summed E-state index contributed by atoms with van der Waals surface area (Å²) in [5.74, 6) is 0.593. The maximum absolute atomic E-state index is 5.22. The van der Waals surface area contributed by atoms with Crippen LogP contribution in [0.25, 0.3) is 0 Å². The second-order valence-electron chi connectivity index (χ2n) is 3.82. The minimum atomic E-state index is 0.142. The van der Waals surface area contributed by atoms with Crippen molar-refractivity contribution < 1.29 is 4.74 Å². The van der Waals surface area contributed by atoms with Gasteiger partial charge in [-0.05, 0) is 20.6 Å². The van der Waals surface area contributed by atoms with Crippen LogP contribution >= 0.6 is 0 Å². The third-order valence-corrected chi connectivity index (χ3v) is 2.21. The monoisotopic (exact) mass is 224 g/mol. The Kier molecular flexibility index (Phi) is 5.14. The summed E-state index contributed by atoms with van der Waals surface area (Å²) in [6.07, 6.45) is 3.33. The average Bonchev–Trinajstić information content (AvgIpc) is 2.28. The number of hydrogen-bond donors (Lipinski definition) is 1. The molecule has 1 atom stereocenters. The van der Waals surface area contributed by atoms with Crippen LogP contribution in [-0.4, -0.2) is 49.2 Å². The second-order valence-corrected chi connectivity index (χ2v) is 3.82. The van der Waals surface area contributed by atoms with Crippen molar-refractivity contribution in [3.63, 3.8) is 0 Å². The average molecular weight is 224 g/mol. The zero-order valence-corrected chi connectivity index (χ0v) is 10.4. The Balaban J connectivity index is 2.90. The highest BCUT2D eigenvalue weighted by atomic mass is 16.5. The number of ether oxygens (including phenoxy) is 1. The van der Waals surface area contributed by atoms with E-state index in [0.29, 0.717) is 5.88 Å². The van der Waals surface area contributed by atoms with Crippen LogP contribution in [0.5, 0.6) is 5.88 Å². The Morgan fingerprint density at radius 2 is 2.06 bits per heavy atom. The van der Waals surface area contributed by atoms with E-state index in [1.165, 1.54) is 0 Å². The van der Waals surface area contributed by atoms with E-state index in [0.717, 1.165) is 18.8 Å². The highest BCUT2D eigenvalue weighted by molar-refractivity contribution is 5.21. The zero-order chi connectivity index (χ0) is 12.0. The Morgan fingerprint density at radius 3 is 2.62 bits per heavy atom. The summed E-state index contributed by atoms with van der Waals surface area (Å²) in [5, 5.41) is 3.38. The quantitative estimate of drug-likeness (QED) is 0.770. The highest BCUT2D eigenvalue weighted by Crippen LogP contribution is 2.19. The van der Waals surface area contributed by atoms with Crippen LogP contribution in [-0.2, 0) is 0 Å². The van der Waals surface area contributed by atoms with Crippen molar-refractivity contribution >= 4 is 0 Å². The van der Waals surface area contributed by atoms with Crippen LogP contribution in [0.3, 0.4) is 0 Å². The van der Waals surface area contributed by atoms with Crippen molar-refractivity contribution in [3.8, 4) is 5.88 Å². The van der Waals surface area contributed by atoms with Gasteiger partial charge >= 0.3 is 0 Å². The molecule has 0 saturated heterocycles. The molecule has 0 bridgehead atoms. The van der Waals surface area contributed by atoms with Crippen LogP contribution < -0.4 is 10.1 Å². The molecule has 1 heterocycles. The van der Waals surface area contributed by atoms with Crippen LogP contribution in [0.15, 0.2) is 12.4 Å². The maximum Gasteiger partial charge on any atom is 0.237 e. The number of methoxy groups -OCH3 is 1. The summed E-state index contributed by atoms with van der Waals surface area (Å²) < 4.78 is 5.22. The Bertz CT molecular complexity index is 317. The van der Waals surface area contributed by atoms with E-state index in [2.05, 4.69) is 27.1 Å². The third kappa shape index (κ3) is 3.43. The van der Waals surface area contributed by atoms with E-state index in [-0.39, 0.29) is 6.04 Å². The lowest BCUT2D eigenvalue weighted by Gasteiger charge is -2.22. The molecule has 1 rings (SSSR count). The first-order valence-electron chi connectivity index (χ1n) is 5.42. The van der Waals surface area contributed by atoms with E-state index in [1.807, 2.05) is 14.1 Å². The van der Waals surface area contributed by atoms with E-state index in [9.17, 15) is 0 Å². The summed E-state index contributed by atoms with van der Waals surface area (Å²) in [5.41, 5.74) is 0.862. The van der Waals surface area contributed by atoms with Crippen LogP contribution in [0.4, 0.5) is 0 Å². The molecule has 0 fully saturated rings. The largest absolute Gasteiger partial charge is 0.480 e. The first-order valence-corrected chi connectivity index (χ1v) is 5.42. The summed E-state index contributed by atoms with van der Waals surface area (Å²) in [4.78, 5) is 10.6. The number of nitrogens with one attached hydrogen (secondary N) is 1. The van der Waals surface area contributed by atoms with Gasteiger partial charge in [0.05, 0.1) is 13.2 Å². The molecule has 0 radical (unpaired) electrons. The van der Waals surface area contributed by atoms with Crippen LogP contribution in [0, 0.1) is 0 Å². The fourth-order valence-corrected chi connectivity index (χ4v) is 1.59. The molecule has 90 valence electrons. The summed E-state index contributed by atoms with van der Waals surface area (Å²) in [7, 11) is 5.69. The van der Waals surface area contributed by atoms with E-state index in [1.54, 1.807) is 19.5 Å². The molecule has 0 aromatic carbocycles. The SMILES string of the molecule is CCNC(CN(C)C)c1nccnc1OC. The maximum atomic E-state index is 5.22. The zero-order valence-electron chi connectivity index (χ0n) is 10.4. The molecule has 0 aliphatic carbocycles. The predicted molar refractivity (Wildman–Crippen MR) is 63.6 cm³/mol. The first kappa shape index (κ1) is 12.9. The van der Waals surface area contributed by atoms with Gasteiger partial charge in [0.15, 0.2) is 0 Å². The van der Waals surface area contributed by atoms with Crippen molar-refractivity contribution in [1.82, 2.24) is 20.2 Å². The highest BCUT2D eigenvalue weighted by Gasteiger charge is 2.18. The molecule has 1 aromatic rings. The van der Waals surface area contributed by atoms with Gasteiger partial charge in [-0.15, -0.1) is 0 Å². The third-order valence-electron chi connectivity index (χ3n) is 2.21. The smallest absolute Gasteiger partial charge is 0.237 e. The van der Waals surface area contributed by atoms with Gasteiger partial charge in [-0.2, -0.15) is 0 Å². The molecular weight excluding hydrogens is 204 g/mol. The molecule has 16 heavy (non-hydrogen) atoms. The molecule has 1 aromatic heterocycles. The standard InChI is InChI=1S/C11H20N4O/c1-5-12-9(8-15(2)3)10-11(16-4)14-7-6-13-10/h6-7,9,12H,5,8H2,1-4H3. The molecule has 0 aliphatic rings. The number of nitrogens with zero attached hydrogens (tertiary/aromatic N) is 3. The summed E-state index contributed by atoms with van der Waals surface area (Å²) in [6, 6.07) is 0.142. The Morgan fingerprint density at radius 1 is 1.38 bits per heavy atom. The minimum absolute atomic E-state index is 0.142. The summed E-state index contributed by atoms with van der Waals surface area (Å²) >= 11 is 0. The van der Waals surface area contributed by atoms with Crippen molar-refractivity contribution in [3.05, 3.63) is 18.1 Å². The van der Waals surface area contributed by atoms with Crippen LogP contribution in [0.1, 0.15) is 18.7 Å². The van der Waals surface area contributed by atoms with Gasteiger partial charge in [0.2, 0.25) is 5.88 Å². The molecule has 0 amide bonds.